The maximum atomic E-state index is 12.9. The zero-order valence-electron chi connectivity index (χ0n) is 18.7. The van der Waals surface area contributed by atoms with Gasteiger partial charge in [0, 0.05) is 37.2 Å². The van der Waals surface area contributed by atoms with Crippen LogP contribution in [-0.2, 0) is 10.0 Å². The molecule has 1 amide bonds. The molecule has 0 heterocycles. The molecular formula is C25H22N6O3S. The number of hydrogen-bond acceptors (Lipinski definition) is 7. The Morgan fingerprint density at radius 1 is 0.800 bits per heavy atom. The Labute approximate surface area is 204 Å². The number of anilines is 1. The Kier molecular flexibility index (Phi) is 8.79. The number of carbonyl (C=O) groups excluding carboxylic acids is 1. The Hall–Kier alpha value is -4.38. The monoisotopic (exact) mass is 486 g/mol. The first-order valence-corrected chi connectivity index (χ1v) is 12.1. The fourth-order valence-electron chi connectivity index (χ4n) is 3.05. The van der Waals surface area contributed by atoms with Gasteiger partial charge < -0.3 is 5.32 Å². The van der Waals surface area contributed by atoms with Gasteiger partial charge in [0.2, 0.25) is 10.0 Å². The number of amides is 1. The zero-order chi connectivity index (χ0) is 25.1. The summed E-state index contributed by atoms with van der Waals surface area (Å²) in [6.07, 6.45) is 0.0230. The van der Waals surface area contributed by atoms with E-state index in [1.54, 1.807) is 24.3 Å². The Balaban J connectivity index is 1.66. The molecule has 10 heteroatoms. The van der Waals surface area contributed by atoms with Gasteiger partial charge >= 0.3 is 0 Å². The minimum Gasteiger partial charge on any atom is -0.322 e. The third-order valence-corrected chi connectivity index (χ3v) is 6.78. The summed E-state index contributed by atoms with van der Waals surface area (Å²) in [4.78, 5) is 12.6. The third-order valence-electron chi connectivity index (χ3n) is 4.86. The molecule has 9 nitrogen and oxygen atoms in total. The molecule has 0 radical (unpaired) electrons. The summed E-state index contributed by atoms with van der Waals surface area (Å²) in [5, 5.41) is 28.6. The number of sulfonamides is 1. The van der Waals surface area contributed by atoms with Crippen LogP contribution in [0.25, 0.3) is 0 Å². The average Bonchev–Trinajstić information content (AvgIpc) is 2.89. The van der Waals surface area contributed by atoms with Gasteiger partial charge in [-0.3, -0.25) is 4.79 Å². The second-order valence-corrected chi connectivity index (χ2v) is 9.22. The fourth-order valence-corrected chi connectivity index (χ4v) is 4.50. The number of nitrogens with zero attached hydrogens (tertiary/aromatic N) is 5. The van der Waals surface area contributed by atoms with Crippen LogP contribution in [0.4, 0.5) is 17.1 Å². The van der Waals surface area contributed by atoms with Gasteiger partial charge in [-0.1, -0.05) is 18.2 Å². The summed E-state index contributed by atoms with van der Waals surface area (Å²) in [5.74, 6) is -0.404. The molecule has 1 N–H and O–H groups in total. The van der Waals surface area contributed by atoms with Crippen LogP contribution in [0, 0.1) is 22.7 Å². The molecule has 3 aromatic carbocycles. The van der Waals surface area contributed by atoms with Crippen LogP contribution >= 0.6 is 0 Å². The van der Waals surface area contributed by atoms with E-state index in [-0.39, 0.29) is 36.4 Å². The molecule has 0 fully saturated rings. The van der Waals surface area contributed by atoms with E-state index in [1.807, 2.05) is 42.5 Å². The van der Waals surface area contributed by atoms with Crippen LogP contribution in [0.15, 0.2) is 94.0 Å². The Morgan fingerprint density at radius 3 is 1.89 bits per heavy atom. The van der Waals surface area contributed by atoms with Crippen LogP contribution in [0.2, 0.25) is 0 Å². The number of rotatable bonds is 10. The molecule has 176 valence electrons. The van der Waals surface area contributed by atoms with E-state index < -0.39 is 15.9 Å². The summed E-state index contributed by atoms with van der Waals surface area (Å²) in [5.41, 5.74) is 2.18. The van der Waals surface area contributed by atoms with Gasteiger partial charge in [-0.25, -0.2) is 8.42 Å². The van der Waals surface area contributed by atoms with E-state index >= 15 is 0 Å². The van der Waals surface area contributed by atoms with Crippen LogP contribution in [0.5, 0.6) is 0 Å². The summed E-state index contributed by atoms with van der Waals surface area (Å²) >= 11 is 0. The minimum atomic E-state index is -3.90. The number of hydrogen-bond donors (Lipinski definition) is 1. The smallest absolute Gasteiger partial charge is 0.255 e. The molecule has 0 aliphatic rings. The molecule has 3 rings (SSSR count). The number of nitriles is 2. The maximum absolute atomic E-state index is 12.9. The van der Waals surface area contributed by atoms with Crippen molar-refractivity contribution in [3.63, 3.8) is 0 Å². The lowest BCUT2D eigenvalue weighted by Gasteiger charge is -2.20. The van der Waals surface area contributed by atoms with E-state index in [4.69, 9.17) is 10.5 Å². The van der Waals surface area contributed by atoms with Gasteiger partial charge in [0.1, 0.15) is 0 Å². The predicted molar refractivity (Wildman–Crippen MR) is 131 cm³/mol. The molecule has 0 aromatic heterocycles. The highest BCUT2D eigenvalue weighted by atomic mass is 32.2. The van der Waals surface area contributed by atoms with Crippen LogP contribution < -0.4 is 5.32 Å². The van der Waals surface area contributed by atoms with Gasteiger partial charge in [0.05, 0.1) is 28.4 Å². The van der Waals surface area contributed by atoms with E-state index in [9.17, 15) is 13.2 Å². The molecule has 0 saturated carbocycles. The van der Waals surface area contributed by atoms with E-state index in [2.05, 4.69) is 15.5 Å². The zero-order valence-corrected chi connectivity index (χ0v) is 19.5. The number of azo groups is 1. The van der Waals surface area contributed by atoms with Gasteiger partial charge in [0.15, 0.2) is 0 Å². The lowest BCUT2D eigenvalue weighted by Crippen LogP contribution is -2.32. The quantitative estimate of drug-likeness (QED) is 0.394. The molecule has 0 aliphatic carbocycles. The average molecular weight is 487 g/mol. The van der Waals surface area contributed by atoms with Crippen LogP contribution in [0.3, 0.4) is 0 Å². The highest BCUT2D eigenvalue weighted by Gasteiger charge is 2.24. The first-order valence-electron chi connectivity index (χ1n) is 10.7. The maximum Gasteiger partial charge on any atom is 0.255 e. The SMILES string of the molecule is N#CCCN(CCC#N)S(=O)(=O)c1ccc(C(=O)Nc2ccc(N=Nc3ccccc3)cc2)cc1. The molecule has 3 aromatic rings. The largest absolute Gasteiger partial charge is 0.322 e. The summed E-state index contributed by atoms with van der Waals surface area (Å²) < 4.78 is 26.9. The van der Waals surface area contributed by atoms with Crippen LogP contribution in [-0.4, -0.2) is 31.7 Å². The molecule has 0 spiro atoms. The fraction of sp³-hybridized carbons (Fsp3) is 0.160. The highest BCUT2D eigenvalue weighted by molar-refractivity contribution is 7.89. The minimum absolute atomic E-state index is 0.0103. The summed E-state index contributed by atoms with van der Waals surface area (Å²) in [6, 6.07) is 25.5. The first-order chi connectivity index (χ1) is 16.9. The number of nitrogens with one attached hydrogen (secondary N) is 1. The van der Waals surface area contributed by atoms with Crippen molar-refractivity contribution in [3.05, 3.63) is 84.4 Å². The lowest BCUT2D eigenvalue weighted by molar-refractivity contribution is 0.102. The number of benzene rings is 3. The standard InChI is InChI=1S/C25H22N6O3S/c26-16-4-18-31(19-5-17-27)35(33,34)24-14-8-20(9-15-24)25(32)28-21-10-12-23(13-11-21)30-29-22-6-2-1-3-7-22/h1-3,6-15H,4-5,18-19H2,(H,28,32). The first kappa shape index (κ1) is 25.2. The van der Waals surface area contributed by atoms with E-state index in [0.29, 0.717) is 11.4 Å². The molecular weight excluding hydrogens is 464 g/mol. The highest BCUT2D eigenvalue weighted by Crippen LogP contribution is 2.21. The van der Waals surface area contributed by atoms with Gasteiger partial charge in [-0.2, -0.15) is 25.1 Å². The Bertz CT molecular complexity index is 1340. The Morgan fingerprint density at radius 2 is 1.34 bits per heavy atom. The van der Waals surface area contributed by atoms with Crippen molar-refractivity contribution < 1.29 is 13.2 Å². The second-order valence-electron chi connectivity index (χ2n) is 7.28. The van der Waals surface area contributed by atoms with Crippen molar-refractivity contribution in [1.82, 2.24) is 4.31 Å². The topological polar surface area (TPSA) is 139 Å². The normalized spacial score (nSPS) is 11.2. The van der Waals surface area contributed by atoms with Crippen molar-refractivity contribution in [2.45, 2.75) is 17.7 Å². The molecule has 0 unspecified atom stereocenters. The number of carbonyl (C=O) groups is 1. The molecule has 0 atom stereocenters. The summed E-state index contributed by atoms with van der Waals surface area (Å²) in [7, 11) is -3.90. The van der Waals surface area contributed by atoms with E-state index in [0.717, 1.165) is 9.99 Å². The van der Waals surface area contributed by atoms with Crippen LogP contribution in [0.1, 0.15) is 23.2 Å². The van der Waals surface area contributed by atoms with Crippen molar-refractivity contribution in [3.8, 4) is 12.1 Å². The van der Waals surface area contributed by atoms with Crippen molar-refractivity contribution >= 4 is 33.0 Å². The molecule has 35 heavy (non-hydrogen) atoms. The lowest BCUT2D eigenvalue weighted by atomic mass is 10.2. The van der Waals surface area contributed by atoms with Gasteiger partial charge in [0.25, 0.3) is 5.91 Å². The van der Waals surface area contributed by atoms with Crippen molar-refractivity contribution in [1.29, 1.82) is 10.5 Å². The van der Waals surface area contributed by atoms with Gasteiger partial charge in [-0.15, -0.1) is 0 Å². The predicted octanol–water partition coefficient (Wildman–Crippen LogP) is 5.17. The molecule has 0 aliphatic heterocycles. The second kappa shape index (κ2) is 12.2. The third kappa shape index (κ3) is 7.05. The molecule has 0 bridgehead atoms. The van der Waals surface area contributed by atoms with E-state index in [1.165, 1.54) is 24.3 Å². The van der Waals surface area contributed by atoms with Crippen molar-refractivity contribution in [2.75, 3.05) is 18.4 Å². The van der Waals surface area contributed by atoms with Gasteiger partial charge in [-0.05, 0) is 60.7 Å². The van der Waals surface area contributed by atoms with Crippen molar-refractivity contribution in [2.24, 2.45) is 10.2 Å². The molecule has 0 saturated heterocycles. The summed E-state index contributed by atoms with van der Waals surface area (Å²) in [6.45, 7) is -0.0205.